The van der Waals surface area contributed by atoms with E-state index in [1.54, 1.807) is 20.8 Å². The van der Waals surface area contributed by atoms with Gasteiger partial charge in [0.1, 0.15) is 6.54 Å². The van der Waals surface area contributed by atoms with Crippen molar-refractivity contribution in [3.63, 3.8) is 0 Å². The van der Waals surface area contributed by atoms with E-state index in [9.17, 15) is 26.4 Å². The normalized spacial score (nSPS) is 24.5. The van der Waals surface area contributed by atoms with Crippen molar-refractivity contribution in [3.05, 3.63) is 29.8 Å². The average molecular weight is 449 g/mol. The Hall–Kier alpha value is -1.65. The second-order valence-corrected chi connectivity index (χ2v) is 10.2. The lowest BCUT2D eigenvalue weighted by atomic mass is 10.1. The van der Waals surface area contributed by atoms with Crippen LogP contribution in [0.1, 0.15) is 44.0 Å². The number of sulfonamides is 1. The second kappa shape index (κ2) is 8.47. The maximum Gasteiger partial charge on any atom is 0.406 e. The first-order chi connectivity index (χ1) is 13.9. The van der Waals surface area contributed by atoms with Crippen molar-refractivity contribution >= 4 is 15.9 Å². The molecule has 1 saturated carbocycles. The molecular formula is C20H27F3N2O4S. The lowest BCUT2D eigenvalue weighted by molar-refractivity contribution is -0.144. The molecule has 30 heavy (non-hydrogen) atoms. The van der Waals surface area contributed by atoms with Crippen molar-refractivity contribution in [1.82, 2.24) is 9.21 Å². The first kappa shape index (κ1) is 23.0. The highest BCUT2D eigenvalue weighted by Gasteiger charge is 2.41. The van der Waals surface area contributed by atoms with Gasteiger partial charge >= 0.3 is 6.18 Å². The molecule has 0 unspecified atom stereocenters. The van der Waals surface area contributed by atoms with E-state index in [0.29, 0.717) is 0 Å². The lowest BCUT2D eigenvalue weighted by Crippen LogP contribution is -2.48. The SMILES string of the molecule is C[C@@H]1CN(S(=O)(=O)c2ccc(C(=O)N(CC(F)(F)F)[C@H](C)C3CC3)cc2)C[C@H](C)O1. The Kier molecular flexibility index (Phi) is 6.50. The summed E-state index contributed by atoms with van der Waals surface area (Å²) in [5, 5.41) is 0. The molecule has 1 amide bonds. The summed E-state index contributed by atoms with van der Waals surface area (Å²) < 4.78 is 71.8. The molecule has 10 heteroatoms. The Morgan fingerprint density at radius 2 is 1.70 bits per heavy atom. The highest BCUT2D eigenvalue weighted by Crippen LogP contribution is 2.36. The molecule has 1 aliphatic carbocycles. The van der Waals surface area contributed by atoms with Gasteiger partial charge in [0.25, 0.3) is 5.91 Å². The maximum atomic E-state index is 13.0. The monoisotopic (exact) mass is 448 g/mol. The minimum absolute atomic E-state index is 0.00189. The molecule has 0 spiro atoms. The zero-order valence-corrected chi connectivity index (χ0v) is 18.0. The Bertz CT molecular complexity index is 859. The summed E-state index contributed by atoms with van der Waals surface area (Å²) in [6, 6.07) is 4.60. The third-order valence-electron chi connectivity index (χ3n) is 5.53. The topological polar surface area (TPSA) is 66.9 Å². The molecule has 0 aromatic heterocycles. The summed E-state index contributed by atoms with van der Waals surface area (Å²) in [5.74, 6) is -0.675. The molecular weight excluding hydrogens is 421 g/mol. The van der Waals surface area contributed by atoms with E-state index in [-0.39, 0.29) is 41.7 Å². The van der Waals surface area contributed by atoms with Crippen LogP contribution in [0.25, 0.3) is 0 Å². The number of alkyl halides is 3. The summed E-state index contributed by atoms with van der Waals surface area (Å²) >= 11 is 0. The zero-order valence-electron chi connectivity index (χ0n) is 17.2. The third-order valence-corrected chi connectivity index (χ3v) is 7.38. The van der Waals surface area contributed by atoms with Crippen LogP contribution in [0.2, 0.25) is 0 Å². The van der Waals surface area contributed by atoms with Crippen LogP contribution in [0.4, 0.5) is 13.2 Å². The summed E-state index contributed by atoms with van der Waals surface area (Å²) in [7, 11) is -3.79. The van der Waals surface area contributed by atoms with E-state index in [1.807, 2.05) is 0 Å². The van der Waals surface area contributed by atoms with Crippen molar-refractivity contribution < 1.29 is 31.1 Å². The molecule has 168 valence electrons. The van der Waals surface area contributed by atoms with Gasteiger partial charge in [-0.05, 0) is 63.8 Å². The molecule has 1 saturated heterocycles. The number of carbonyl (C=O) groups is 1. The van der Waals surface area contributed by atoms with Gasteiger partial charge in [0.2, 0.25) is 10.0 Å². The van der Waals surface area contributed by atoms with Crippen LogP contribution in [0.3, 0.4) is 0 Å². The quantitative estimate of drug-likeness (QED) is 0.670. The summed E-state index contributed by atoms with van der Waals surface area (Å²) in [6.07, 6.45) is -3.40. The number of rotatable bonds is 6. The van der Waals surface area contributed by atoms with Crippen molar-refractivity contribution in [2.45, 2.75) is 62.9 Å². The first-order valence-corrected chi connectivity index (χ1v) is 11.5. The average Bonchev–Trinajstić information content (AvgIpc) is 3.49. The molecule has 1 aliphatic heterocycles. The van der Waals surface area contributed by atoms with E-state index in [2.05, 4.69) is 0 Å². The predicted molar refractivity (Wildman–Crippen MR) is 104 cm³/mol. The predicted octanol–water partition coefficient (Wildman–Crippen LogP) is 3.29. The molecule has 3 atom stereocenters. The van der Waals surface area contributed by atoms with Crippen LogP contribution in [0, 0.1) is 5.92 Å². The second-order valence-electron chi connectivity index (χ2n) is 8.23. The molecule has 0 bridgehead atoms. The molecule has 1 aromatic rings. The minimum atomic E-state index is -4.51. The number of halogens is 3. The standard InChI is InChI=1S/C20H27F3N2O4S/c1-13-10-24(11-14(2)29-13)30(27,28)18-8-6-17(7-9-18)19(26)25(12-20(21,22)23)15(3)16-4-5-16/h6-9,13-16H,4-5,10-12H2,1-3H3/t13-,14+,15-/m1/s1. The number of hydrogen-bond donors (Lipinski definition) is 0. The van der Waals surface area contributed by atoms with E-state index in [0.717, 1.165) is 17.7 Å². The highest BCUT2D eigenvalue weighted by molar-refractivity contribution is 7.89. The fourth-order valence-electron chi connectivity index (χ4n) is 3.84. The Balaban J connectivity index is 1.80. The van der Waals surface area contributed by atoms with Crippen LogP contribution in [-0.2, 0) is 14.8 Å². The molecule has 1 aromatic carbocycles. The van der Waals surface area contributed by atoms with Gasteiger partial charge < -0.3 is 9.64 Å². The molecule has 2 fully saturated rings. The third kappa shape index (κ3) is 5.33. The number of morpholine rings is 1. The summed E-state index contributed by atoms with van der Waals surface area (Å²) in [4.78, 5) is 13.6. The van der Waals surface area contributed by atoms with Gasteiger partial charge in [0, 0.05) is 24.7 Å². The van der Waals surface area contributed by atoms with Gasteiger partial charge in [0.05, 0.1) is 17.1 Å². The van der Waals surface area contributed by atoms with E-state index in [1.165, 1.54) is 28.6 Å². The van der Waals surface area contributed by atoms with Gasteiger partial charge in [-0.1, -0.05) is 0 Å². The zero-order chi connectivity index (χ0) is 22.3. The molecule has 0 radical (unpaired) electrons. The maximum absolute atomic E-state index is 13.0. The Labute approximate surface area is 175 Å². The largest absolute Gasteiger partial charge is 0.406 e. The number of nitrogens with zero attached hydrogens (tertiary/aromatic N) is 2. The fraction of sp³-hybridized carbons (Fsp3) is 0.650. The van der Waals surface area contributed by atoms with E-state index < -0.39 is 34.7 Å². The van der Waals surface area contributed by atoms with Crippen molar-refractivity contribution in [2.75, 3.05) is 19.6 Å². The van der Waals surface area contributed by atoms with Crippen molar-refractivity contribution in [3.8, 4) is 0 Å². The fourth-order valence-corrected chi connectivity index (χ4v) is 5.43. The van der Waals surface area contributed by atoms with E-state index in [4.69, 9.17) is 4.74 Å². The molecule has 1 heterocycles. The smallest absolute Gasteiger partial charge is 0.373 e. The Morgan fingerprint density at radius 3 is 2.17 bits per heavy atom. The molecule has 0 N–H and O–H groups in total. The van der Waals surface area contributed by atoms with Gasteiger partial charge in [-0.25, -0.2) is 8.42 Å². The summed E-state index contributed by atoms with van der Waals surface area (Å²) in [5.41, 5.74) is 0.0365. The molecule has 3 rings (SSSR count). The highest BCUT2D eigenvalue weighted by atomic mass is 32.2. The number of carbonyl (C=O) groups excluding carboxylic acids is 1. The minimum Gasteiger partial charge on any atom is -0.373 e. The van der Waals surface area contributed by atoms with Crippen molar-refractivity contribution in [1.29, 1.82) is 0 Å². The van der Waals surface area contributed by atoms with Crippen LogP contribution in [0.5, 0.6) is 0 Å². The number of hydrogen-bond acceptors (Lipinski definition) is 4. The van der Waals surface area contributed by atoms with Crippen molar-refractivity contribution in [2.24, 2.45) is 5.92 Å². The van der Waals surface area contributed by atoms with Gasteiger partial charge in [-0.15, -0.1) is 0 Å². The van der Waals surface area contributed by atoms with Crippen LogP contribution >= 0.6 is 0 Å². The van der Waals surface area contributed by atoms with Crippen LogP contribution in [-0.4, -0.2) is 67.6 Å². The number of ether oxygens (including phenoxy) is 1. The lowest BCUT2D eigenvalue weighted by Gasteiger charge is -2.34. The summed E-state index contributed by atoms with van der Waals surface area (Å²) in [6.45, 7) is 4.30. The first-order valence-electron chi connectivity index (χ1n) is 10.0. The van der Waals surface area contributed by atoms with Crippen LogP contribution in [0.15, 0.2) is 29.2 Å². The van der Waals surface area contributed by atoms with Crippen LogP contribution < -0.4 is 0 Å². The van der Waals surface area contributed by atoms with Gasteiger partial charge in [-0.2, -0.15) is 17.5 Å². The molecule has 2 aliphatic rings. The van der Waals surface area contributed by atoms with Gasteiger partial charge in [-0.3, -0.25) is 4.79 Å². The molecule has 6 nitrogen and oxygen atoms in total. The van der Waals surface area contributed by atoms with E-state index >= 15 is 0 Å². The number of amides is 1. The van der Waals surface area contributed by atoms with Gasteiger partial charge in [0.15, 0.2) is 0 Å². The Morgan fingerprint density at radius 1 is 1.17 bits per heavy atom. The number of benzene rings is 1.